The van der Waals surface area contributed by atoms with Crippen LogP contribution in [0.3, 0.4) is 0 Å². The van der Waals surface area contributed by atoms with E-state index in [1.54, 1.807) is 0 Å². The summed E-state index contributed by atoms with van der Waals surface area (Å²) in [6, 6.07) is 0. The monoisotopic (exact) mass is 263 g/mol. The average Bonchev–Trinajstić information content (AvgIpc) is 2.34. The van der Waals surface area contributed by atoms with Gasteiger partial charge in [-0.05, 0) is 6.92 Å². The third kappa shape index (κ3) is 3.84. The Kier molecular flexibility index (Phi) is 4.43. The van der Waals surface area contributed by atoms with E-state index in [0.29, 0.717) is 4.90 Å². The van der Waals surface area contributed by atoms with E-state index in [4.69, 9.17) is 5.84 Å². The number of nitrogens with zero attached hydrogens (tertiary/aromatic N) is 3. The van der Waals surface area contributed by atoms with Crippen molar-refractivity contribution in [3.05, 3.63) is 18.1 Å². The number of hydrazine groups is 1. The van der Waals surface area contributed by atoms with Crippen LogP contribution in [0.25, 0.3) is 0 Å². The molecule has 0 aromatic carbocycles. The first-order valence-electron chi connectivity index (χ1n) is 5.02. The fourth-order valence-electron chi connectivity index (χ4n) is 1.22. The summed E-state index contributed by atoms with van der Waals surface area (Å²) >= 11 is 0. The third-order valence-corrected chi connectivity index (χ3v) is 2.06. The number of nitrogen functional groups attached to an aromatic ring is 1. The van der Waals surface area contributed by atoms with E-state index in [9.17, 15) is 18.0 Å². The Balaban J connectivity index is 2.82. The molecule has 3 N–H and O–H groups in total. The molecule has 1 heterocycles. The van der Waals surface area contributed by atoms with Crippen LogP contribution in [0.1, 0.15) is 17.4 Å². The molecule has 18 heavy (non-hydrogen) atoms. The first-order valence-corrected chi connectivity index (χ1v) is 5.02. The van der Waals surface area contributed by atoms with Crippen molar-refractivity contribution in [3.63, 3.8) is 0 Å². The summed E-state index contributed by atoms with van der Waals surface area (Å²) in [6.45, 7) is 0.0602. The van der Waals surface area contributed by atoms with Gasteiger partial charge in [-0.15, -0.1) is 0 Å². The molecule has 9 heteroatoms. The molecule has 0 radical (unpaired) electrons. The Hall–Kier alpha value is -1.90. The molecule has 0 bridgehead atoms. The minimum absolute atomic E-state index is 0.0725. The van der Waals surface area contributed by atoms with Crippen LogP contribution in [0.5, 0.6) is 0 Å². The number of rotatable bonds is 4. The van der Waals surface area contributed by atoms with Crippen LogP contribution >= 0.6 is 0 Å². The maximum Gasteiger partial charge on any atom is 0.406 e. The van der Waals surface area contributed by atoms with Crippen LogP contribution in [-0.4, -0.2) is 40.0 Å². The van der Waals surface area contributed by atoms with E-state index in [-0.39, 0.29) is 18.1 Å². The highest BCUT2D eigenvalue weighted by atomic mass is 19.4. The van der Waals surface area contributed by atoms with Gasteiger partial charge < -0.3 is 10.3 Å². The highest BCUT2D eigenvalue weighted by Crippen LogP contribution is 2.17. The summed E-state index contributed by atoms with van der Waals surface area (Å²) in [7, 11) is 0. The van der Waals surface area contributed by atoms with Crippen LogP contribution in [0.2, 0.25) is 0 Å². The third-order valence-electron chi connectivity index (χ3n) is 2.06. The average molecular weight is 263 g/mol. The van der Waals surface area contributed by atoms with E-state index in [0.717, 1.165) is 12.4 Å². The van der Waals surface area contributed by atoms with Gasteiger partial charge in [0.25, 0.3) is 5.91 Å². The van der Waals surface area contributed by atoms with Gasteiger partial charge in [0.2, 0.25) is 0 Å². The van der Waals surface area contributed by atoms with Gasteiger partial charge in [0.05, 0.1) is 12.4 Å². The first kappa shape index (κ1) is 14.2. The minimum atomic E-state index is -4.45. The van der Waals surface area contributed by atoms with Gasteiger partial charge in [-0.1, -0.05) is 0 Å². The molecular formula is C9H12F3N5O. The summed E-state index contributed by atoms with van der Waals surface area (Å²) in [6.07, 6.45) is -2.22. The zero-order valence-corrected chi connectivity index (χ0v) is 9.53. The van der Waals surface area contributed by atoms with Crippen molar-refractivity contribution in [2.45, 2.75) is 13.1 Å². The van der Waals surface area contributed by atoms with Crippen molar-refractivity contribution in [2.24, 2.45) is 5.84 Å². The zero-order valence-electron chi connectivity index (χ0n) is 9.53. The summed E-state index contributed by atoms with van der Waals surface area (Å²) in [5.41, 5.74) is 2.03. The summed E-state index contributed by atoms with van der Waals surface area (Å²) < 4.78 is 36.7. The Morgan fingerprint density at radius 3 is 2.50 bits per heavy atom. The van der Waals surface area contributed by atoms with Crippen molar-refractivity contribution < 1.29 is 18.0 Å². The summed E-state index contributed by atoms with van der Waals surface area (Å²) in [5.74, 6) is 4.43. The fraction of sp³-hybridized carbons (Fsp3) is 0.444. The standard InChI is InChI=1S/C9H12F3N5O/c1-2-17(5-9(10,11)12)8(18)6-3-15-7(16-13)4-14-6/h3-4H,2,5,13H2,1H3,(H,15,16). The SMILES string of the molecule is CCN(CC(F)(F)F)C(=O)c1cnc(NN)cn1. The molecule has 1 aromatic heterocycles. The Morgan fingerprint density at radius 1 is 1.44 bits per heavy atom. The first-order chi connectivity index (χ1) is 8.37. The molecule has 0 saturated carbocycles. The lowest BCUT2D eigenvalue weighted by Crippen LogP contribution is -2.39. The lowest BCUT2D eigenvalue weighted by Gasteiger charge is -2.21. The Labute approximate surface area is 101 Å². The molecule has 1 aromatic rings. The van der Waals surface area contributed by atoms with Crippen LogP contribution < -0.4 is 11.3 Å². The van der Waals surface area contributed by atoms with Gasteiger partial charge in [0, 0.05) is 6.54 Å². The van der Waals surface area contributed by atoms with Gasteiger partial charge in [0.15, 0.2) is 5.82 Å². The van der Waals surface area contributed by atoms with Crippen molar-refractivity contribution in [1.82, 2.24) is 14.9 Å². The predicted octanol–water partition coefficient (Wildman–Crippen LogP) is 0.787. The number of carbonyl (C=O) groups is 1. The van der Waals surface area contributed by atoms with Crippen molar-refractivity contribution in [3.8, 4) is 0 Å². The molecule has 1 rings (SSSR count). The molecule has 0 unspecified atom stereocenters. The molecule has 100 valence electrons. The van der Waals surface area contributed by atoms with Gasteiger partial charge in [-0.3, -0.25) is 4.79 Å². The number of anilines is 1. The topological polar surface area (TPSA) is 84.1 Å². The minimum Gasteiger partial charge on any atom is -0.328 e. The smallest absolute Gasteiger partial charge is 0.328 e. The zero-order chi connectivity index (χ0) is 13.8. The van der Waals surface area contributed by atoms with E-state index in [1.807, 2.05) is 0 Å². The maximum atomic E-state index is 12.2. The Morgan fingerprint density at radius 2 is 2.11 bits per heavy atom. The van der Waals surface area contributed by atoms with Crippen molar-refractivity contribution in [1.29, 1.82) is 0 Å². The summed E-state index contributed by atoms with van der Waals surface area (Å²) in [4.78, 5) is 19.8. The Bertz CT molecular complexity index is 406. The van der Waals surface area contributed by atoms with Crippen molar-refractivity contribution in [2.75, 3.05) is 18.5 Å². The van der Waals surface area contributed by atoms with Gasteiger partial charge in [0.1, 0.15) is 12.2 Å². The molecule has 1 amide bonds. The maximum absolute atomic E-state index is 12.2. The number of carbonyl (C=O) groups excluding carboxylic acids is 1. The van der Waals surface area contributed by atoms with Crippen LogP contribution in [0, 0.1) is 0 Å². The predicted molar refractivity (Wildman–Crippen MR) is 57.5 cm³/mol. The number of aromatic nitrogens is 2. The van der Waals surface area contributed by atoms with Crippen LogP contribution in [-0.2, 0) is 0 Å². The molecular weight excluding hydrogens is 251 g/mol. The normalized spacial score (nSPS) is 11.2. The summed E-state index contributed by atoms with van der Waals surface area (Å²) in [5, 5.41) is 0. The molecule has 0 fully saturated rings. The molecule has 0 aliphatic rings. The van der Waals surface area contributed by atoms with Crippen LogP contribution in [0.4, 0.5) is 19.0 Å². The number of nitrogens with two attached hydrogens (primary N) is 1. The highest BCUT2D eigenvalue weighted by Gasteiger charge is 2.33. The number of alkyl halides is 3. The number of amides is 1. The second kappa shape index (κ2) is 5.63. The van der Waals surface area contributed by atoms with Crippen LogP contribution in [0.15, 0.2) is 12.4 Å². The molecule has 0 saturated heterocycles. The largest absolute Gasteiger partial charge is 0.406 e. The van der Waals surface area contributed by atoms with E-state index in [1.165, 1.54) is 6.92 Å². The molecule has 0 aliphatic heterocycles. The lowest BCUT2D eigenvalue weighted by molar-refractivity contribution is -0.140. The lowest BCUT2D eigenvalue weighted by atomic mass is 10.3. The number of halogens is 3. The quantitative estimate of drug-likeness (QED) is 0.619. The fourth-order valence-corrected chi connectivity index (χ4v) is 1.22. The van der Waals surface area contributed by atoms with Gasteiger partial charge >= 0.3 is 6.18 Å². The second-order valence-electron chi connectivity index (χ2n) is 3.37. The second-order valence-corrected chi connectivity index (χ2v) is 3.37. The number of hydrogen-bond donors (Lipinski definition) is 2. The number of hydrogen-bond acceptors (Lipinski definition) is 5. The molecule has 0 aliphatic carbocycles. The van der Waals surface area contributed by atoms with Gasteiger partial charge in [-0.25, -0.2) is 15.8 Å². The molecule has 0 spiro atoms. The molecule has 0 atom stereocenters. The van der Waals surface area contributed by atoms with Crippen molar-refractivity contribution >= 4 is 11.7 Å². The van der Waals surface area contributed by atoms with E-state index < -0.39 is 18.6 Å². The molecule has 6 nitrogen and oxygen atoms in total. The van der Waals surface area contributed by atoms with E-state index in [2.05, 4.69) is 15.4 Å². The number of nitrogens with one attached hydrogen (secondary N) is 1. The van der Waals surface area contributed by atoms with Gasteiger partial charge in [-0.2, -0.15) is 13.2 Å². The highest BCUT2D eigenvalue weighted by molar-refractivity contribution is 5.92. The van der Waals surface area contributed by atoms with E-state index >= 15 is 0 Å².